The lowest BCUT2D eigenvalue weighted by Gasteiger charge is -2.53. The van der Waals surface area contributed by atoms with Gasteiger partial charge in [0.15, 0.2) is 17.4 Å². The lowest BCUT2D eigenvalue weighted by molar-refractivity contribution is -0.133. The molecule has 1 atom stereocenters. The van der Waals surface area contributed by atoms with Crippen molar-refractivity contribution in [2.75, 3.05) is 57.3 Å². The van der Waals surface area contributed by atoms with Gasteiger partial charge in [0.2, 0.25) is 11.5 Å². The van der Waals surface area contributed by atoms with Crippen molar-refractivity contribution < 1.29 is 38.1 Å². The summed E-state index contributed by atoms with van der Waals surface area (Å²) in [6.07, 6.45) is 5.63. The number of halogens is 1. The number of carbonyl (C=O) groups is 3. The van der Waals surface area contributed by atoms with E-state index in [1.165, 1.54) is 11.2 Å². The standard InChI is InChI=1S/C34H46FN7O7/c1-6-42(22(4)5)33(46)23-16-24(35)29-30(48-27(45)9-8-26(44)47-29)28(23)49-32-31(37-20-38-39-32)40-14-11-34(17-40)18-41(19-34)25(21(2)3)10-13-36-12-7-15-43/h8-9,16,20-22,25,36,43H,6-7,10-15,17-19H2,1-5H3/b9-8+. The molecule has 14 nitrogen and oxygen atoms in total. The molecule has 49 heavy (non-hydrogen) atoms. The van der Waals surface area contributed by atoms with Crippen molar-refractivity contribution in [1.82, 2.24) is 30.3 Å². The Hall–Kier alpha value is -4.21. The van der Waals surface area contributed by atoms with Gasteiger partial charge in [-0.25, -0.2) is 19.0 Å². The quantitative estimate of drug-likeness (QED) is 0.170. The second kappa shape index (κ2) is 15.6. The molecule has 2 fully saturated rings. The Bertz CT molecular complexity index is 1560. The summed E-state index contributed by atoms with van der Waals surface area (Å²) >= 11 is 0. The maximum absolute atomic E-state index is 15.5. The van der Waals surface area contributed by atoms with Crippen LogP contribution in [0.25, 0.3) is 0 Å². The first-order chi connectivity index (χ1) is 23.5. The minimum absolute atomic E-state index is 0.0426. The number of likely N-dealkylation sites (tertiary alicyclic amines) is 1. The number of hydrogen-bond donors (Lipinski definition) is 2. The number of ether oxygens (including phenoxy) is 3. The molecule has 0 radical (unpaired) electrons. The van der Waals surface area contributed by atoms with Crippen LogP contribution in [0.15, 0.2) is 24.5 Å². The molecular weight excluding hydrogens is 637 g/mol. The number of rotatable bonds is 14. The molecule has 5 rings (SSSR count). The summed E-state index contributed by atoms with van der Waals surface area (Å²) in [6.45, 7) is 15.3. The third-order valence-electron chi connectivity index (χ3n) is 9.31. The molecule has 2 saturated heterocycles. The van der Waals surface area contributed by atoms with Crippen LogP contribution in [0, 0.1) is 17.2 Å². The first kappa shape index (κ1) is 36.1. The van der Waals surface area contributed by atoms with Crippen LogP contribution < -0.4 is 24.4 Å². The van der Waals surface area contributed by atoms with Crippen LogP contribution in [0.1, 0.15) is 64.2 Å². The fourth-order valence-corrected chi connectivity index (χ4v) is 6.92. The average Bonchev–Trinajstić information content (AvgIpc) is 3.49. The number of hydrogen-bond acceptors (Lipinski definition) is 13. The van der Waals surface area contributed by atoms with Crippen LogP contribution in [0.2, 0.25) is 0 Å². The number of nitrogens with zero attached hydrogens (tertiary/aromatic N) is 6. The molecular formula is C34H46FN7O7. The topological polar surface area (TPSA) is 160 Å². The molecule has 4 heterocycles. The van der Waals surface area contributed by atoms with Crippen LogP contribution >= 0.6 is 0 Å². The Morgan fingerprint density at radius 1 is 1.12 bits per heavy atom. The summed E-state index contributed by atoms with van der Waals surface area (Å²) in [5.74, 6) is -4.53. The van der Waals surface area contributed by atoms with Crippen LogP contribution in [0.3, 0.4) is 0 Å². The minimum Gasteiger partial charge on any atom is -0.430 e. The Morgan fingerprint density at radius 2 is 1.84 bits per heavy atom. The van der Waals surface area contributed by atoms with E-state index in [-0.39, 0.29) is 35.3 Å². The zero-order valence-electron chi connectivity index (χ0n) is 28.8. The molecule has 2 aromatic rings. The number of aliphatic hydroxyl groups is 1. The van der Waals surface area contributed by atoms with E-state index < -0.39 is 35.2 Å². The van der Waals surface area contributed by atoms with Gasteiger partial charge in [-0.3, -0.25) is 9.69 Å². The fourth-order valence-electron chi connectivity index (χ4n) is 6.92. The summed E-state index contributed by atoms with van der Waals surface area (Å²) < 4.78 is 32.4. The second-order valence-corrected chi connectivity index (χ2v) is 13.4. The number of esters is 2. The smallest absolute Gasteiger partial charge is 0.336 e. The Morgan fingerprint density at radius 3 is 2.49 bits per heavy atom. The van der Waals surface area contributed by atoms with Crippen molar-refractivity contribution in [2.45, 2.75) is 66.0 Å². The van der Waals surface area contributed by atoms with Gasteiger partial charge in [-0.2, -0.15) is 0 Å². The molecule has 0 saturated carbocycles. The van der Waals surface area contributed by atoms with Crippen molar-refractivity contribution in [3.63, 3.8) is 0 Å². The average molecular weight is 684 g/mol. The maximum Gasteiger partial charge on any atom is 0.336 e. The summed E-state index contributed by atoms with van der Waals surface area (Å²) in [6, 6.07) is 1.07. The SMILES string of the molecule is CCN(C(=O)c1cc(F)c2c(c1Oc1nncnc1N1CCC3(C1)CN(C(CCNCCCO)C(C)C)C3)OC(=O)/C=C/C(=O)O2)C(C)C. The molecule has 1 aromatic carbocycles. The second-order valence-electron chi connectivity index (χ2n) is 13.4. The fraction of sp³-hybridized carbons (Fsp3) is 0.588. The molecule has 3 aliphatic heterocycles. The Labute approximate surface area is 285 Å². The van der Waals surface area contributed by atoms with E-state index in [1.807, 2.05) is 13.8 Å². The summed E-state index contributed by atoms with van der Waals surface area (Å²) in [5.41, 5.74) is -0.212. The third kappa shape index (κ3) is 8.00. The van der Waals surface area contributed by atoms with Gasteiger partial charge in [0, 0.05) is 69.0 Å². The zero-order chi connectivity index (χ0) is 35.3. The van der Waals surface area contributed by atoms with Crippen molar-refractivity contribution in [2.24, 2.45) is 11.3 Å². The predicted octanol–water partition coefficient (Wildman–Crippen LogP) is 2.95. The number of nitrogens with one attached hydrogen (secondary N) is 1. The highest BCUT2D eigenvalue weighted by atomic mass is 19.1. The van der Waals surface area contributed by atoms with Crippen LogP contribution in [0.4, 0.5) is 10.2 Å². The first-order valence-electron chi connectivity index (χ1n) is 16.9. The van der Waals surface area contributed by atoms with Crippen molar-refractivity contribution in [1.29, 1.82) is 0 Å². The van der Waals surface area contributed by atoms with E-state index in [4.69, 9.17) is 19.3 Å². The molecule has 3 aliphatic rings. The van der Waals surface area contributed by atoms with E-state index in [1.54, 1.807) is 6.92 Å². The van der Waals surface area contributed by atoms with E-state index >= 15 is 4.39 Å². The maximum atomic E-state index is 15.5. The molecule has 266 valence electrons. The van der Waals surface area contributed by atoms with E-state index in [0.29, 0.717) is 37.4 Å². The largest absolute Gasteiger partial charge is 0.430 e. The zero-order valence-corrected chi connectivity index (χ0v) is 28.8. The van der Waals surface area contributed by atoms with Crippen LogP contribution in [-0.4, -0.2) is 112 Å². The summed E-state index contributed by atoms with van der Waals surface area (Å²) in [4.78, 5) is 49.3. The number of aromatic nitrogens is 3. The minimum atomic E-state index is -1.09. The third-order valence-corrected chi connectivity index (χ3v) is 9.31. The van der Waals surface area contributed by atoms with Crippen molar-refractivity contribution in [3.8, 4) is 23.1 Å². The van der Waals surface area contributed by atoms with Gasteiger partial charge in [-0.05, 0) is 65.1 Å². The molecule has 1 amide bonds. The lowest BCUT2D eigenvalue weighted by Crippen LogP contribution is -2.62. The molecule has 2 N–H and O–H groups in total. The highest BCUT2D eigenvalue weighted by Crippen LogP contribution is 2.48. The van der Waals surface area contributed by atoms with Gasteiger partial charge in [-0.15, -0.1) is 10.2 Å². The molecule has 1 spiro atoms. The number of amides is 1. The normalized spacial score (nSPS) is 18.4. The van der Waals surface area contributed by atoms with Crippen molar-refractivity contribution >= 4 is 23.7 Å². The lowest BCUT2D eigenvalue weighted by atomic mass is 9.76. The van der Waals surface area contributed by atoms with E-state index in [2.05, 4.69) is 44.1 Å². The van der Waals surface area contributed by atoms with Gasteiger partial charge in [-0.1, -0.05) is 13.8 Å². The van der Waals surface area contributed by atoms with Crippen LogP contribution in [0.5, 0.6) is 23.1 Å². The van der Waals surface area contributed by atoms with Gasteiger partial charge < -0.3 is 34.4 Å². The number of benzene rings is 1. The Balaban J connectivity index is 1.42. The molecule has 0 aliphatic carbocycles. The first-order valence-corrected chi connectivity index (χ1v) is 16.9. The van der Waals surface area contributed by atoms with Gasteiger partial charge in [0.05, 0.1) is 5.56 Å². The van der Waals surface area contributed by atoms with E-state index in [0.717, 1.165) is 63.7 Å². The van der Waals surface area contributed by atoms with Crippen molar-refractivity contribution in [3.05, 3.63) is 35.9 Å². The van der Waals surface area contributed by atoms with Crippen LogP contribution in [-0.2, 0) is 9.59 Å². The summed E-state index contributed by atoms with van der Waals surface area (Å²) in [5, 5.41) is 20.6. The Kier molecular flexibility index (Phi) is 11.5. The van der Waals surface area contributed by atoms with Gasteiger partial charge >= 0.3 is 11.9 Å². The number of anilines is 1. The van der Waals surface area contributed by atoms with Gasteiger partial charge in [0.1, 0.15) is 6.33 Å². The number of carbonyl (C=O) groups excluding carboxylic acids is 3. The number of aliphatic hydroxyl groups excluding tert-OH is 1. The number of fused-ring (bicyclic) bond motifs is 1. The molecule has 1 unspecified atom stereocenters. The molecule has 1 aromatic heterocycles. The molecule has 15 heteroatoms. The van der Waals surface area contributed by atoms with E-state index in [9.17, 15) is 14.4 Å². The predicted molar refractivity (Wildman–Crippen MR) is 177 cm³/mol. The highest BCUT2D eigenvalue weighted by Gasteiger charge is 2.50. The summed E-state index contributed by atoms with van der Waals surface area (Å²) in [7, 11) is 0. The molecule has 0 bridgehead atoms. The monoisotopic (exact) mass is 683 g/mol. The van der Waals surface area contributed by atoms with Gasteiger partial charge in [0.25, 0.3) is 11.8 Å². The highest BCUT2D eigenvalue weighted by molar-refractivity contribution is 6.01.